The largest absolute Gasteiger partial charge is 0.494 e. The lowest BCUT2D eigenvalue weighted by Gasteiger charge is -2.01. The third-order valence-corrected chi connectivity index (χ3v) is 2.21. The van der Waals surface area contributed by atoms with Crippen molar-refractivity contribution in [2.45, 2.75) is 13.1 Å². The fourth-order valence-electron chi connectivity index (χ4n) is 1.52. The molecule has 1 aromatic carbocycles. The first-order valence-electron chi connectivity index (χ1n) is 4.83. The van der Waals surface area contributed by atoms with E-state index in [0.29, 0.717) is 23.3 Å². The summed E-state index contributed by atoms with van der Waals surface area (Å²) in [6.45, 7) is 2.31. The highest BCUT2D eigenvalue weighted by atomic mass is 19.4. The highest BCUT2D eigenvalue weighted by Crippen LogP contribution is 2.32. The van der Waals surface area contributed by atoms with Crippen molar-refractivity contribution in [3.63, 3.8) is 0 Å². The molecule has 0 bridgehead atoms. The fourth-order valence-corrected chi connectivity index (χ4v) is 1.52. The van der Waals surface area contributed by atoms with E-state index in [2.05, 4.69) is 4.98 Å². The Bertz CT molecular complexity index is 501. The van der Waals surface area contributed by atoms with Crippen molar-refractivity contribution in [2.24, 2.45) is 0 Å². The van der Waals surface area contributed by atoms with E-state index in [4.69, 9.17) is 4.74 Å². The number of alkyl halides is 3. The molecule has 0 spiro atoms. The zero-order valence-electron chi connectivity index (χ0n) is 8.56. The van der Waals surface area contributed by atoms with Crippen LogP contribution >= 0.6 is 0 Å². The van der Waals surface area contributed by atoms with Gasteiger partial charge in [-0.15, -0.1) is 0 Å². The van der Waals surface area contributed by atoms with Crippen LogP contribution in [0.5, 0.6) is 5.75 Å². The van der Waals surface area contributed by atoms with Gasteiger partial charge in [0.05, 0.1) is 6.61 Å². The van der Waals surface area contributed by atoms with Gasteiger partial charge in [-0.3, -0.25) is 0 Å². The van der Waals surface area contributed by atoms with Gasteiger partial charge < -0.3 is 9.72 Å². The predicted molar refractivity (Wildman–Crippen MR) is 54.5 cm³/mol. The van der Waals surface area contributed by atoms with E-state index >= 15 is 0 Å². The molecule has 5 heteroatoms. The van der Waals surface area contributed by atoms with E-state index in [1.165, 1.54) is 0 Å². The van der Waals surface area contributed by atoms with Crippen LogP contribution in [0.4, 0.5) is 13.2 Å². The molecule has 2 nitrogen and oxygen atoms in total. The lowest BCUT2D eigenvalue weighted by atomic mass is 10.2. The molecule has 0 atom stereocenters. The maximum Gasteiger partial charge on any atom is 0.431 e. The van der Waals surface area contributed by atoms with Gasteiger partial charge in [0.15, 0.2) is 0 Å². The Kier molecular flexibility index (Phi) is 2.53. The van der Waals surface area contributed by atoms with Crippen molar-refractivity contribution < 1.29 is 17.9 Å². The molecule has 0 radical (unpaired) electrons. The van der Waals surface area contributed by atoms with Crippen molar-refractivity contribution in [3.05, 3.63) is 30.0 Å². The van der Waals surface area contributed by atoms with Crippen LogP contribution in [0.15, 0.2) is 24.3 Å². The van der Waals surface area contributed by atoms with Gasteiger partial charge in [0.25, 0.3) is 0 Å². The molecule has 0 aliphatic rings. The molecule has 0 saturated heterocycles. The first-order chi connectivity index (χ1) is 7.50. The second kappa shape index (κ2) is 3.73. The molecule has 0 aliphatic heterocycles. The first-order valence-corrected chi connectivity index (χ1v) is 4.83. The molecule has 1 aromatic heterocycles. The van der Waals surface area contributed by atoms with Crippen LogP contribution < -0.4 is 4.74 Å². The number of fused-ring (bicyclic) bond motifs is 1. The average molecular weight is 229 g/mol. The van der Waals surface area contributed by atoms with E-state index in [9.17, 15) is 13.2 Å². The van der Waals surface area contributed by atoms with Crippen molar-refractivity contribution in [3.8, 4) is 5.75 Å². The molecule has 1 N–H and O–H groups in total. The van der Waals surface area contributed by atoms with Gasteiger partial charge in [0, 0.05) is 10.9 Å². The lowest BCUT2D eigenvalue weighted by Crippen LogP contribution is -2.04. The number of benzene rings is 1. The summed E-state index contributed by atoms with van der Waals surface area (Å²) >= 11 is 0. The standard InChI is InChI=1S/C11H10F3NO/c1-2-16-8-3-4-9-7(5-8)6-10(15-9)11(12,13)14/h3-6,15H,2H2,1H3. The molecule has 2 rings (SSSR count). The Labute approximate surface area is 90.0 Å². The van der Waals surface area contributed by atoms with E-state index in [1.54, 1.807) is 18.2 Å². The number of aromatic amines is 1. The second-order valence-electron chi connectivity index (χ2n) is 3.36. The van der Waals surface area contributed by atoms with Gasteiger partial charge in [-0.2, -0.15) is 13.2 Å². The van der Waals surface area contributed by atoms with Crippen LogP contribution in [0.3, 0.4) is 0 Å². The first kappa shape index (κ1) is 10.9. The number of aromatic nitrogens is 1. The van der Waals surface area contributed by atoms with E-state index < -0.39 is 11.9 Å². The summed E-state index contributed by atoms with van der Waals surface area (Å²) in [4.78, 5) is 2.32. The van der Waals surface area contributed by atoms with E-state index in [1.807, 2.05) is 6.92 Å². The summed E-state index contributed by atoms with van der Waals surface area (Å²) in [5.41, 5.74) is -0.285. The summed E-state index contributed by atoms with van der Waals surface area (Å²) < 4.78 is 42.5. The zero-order chi connectivity index (χ0) is 11.8. The molecule has 0 unspecified atom stereocenters. The Balaban J connectivity index is 2.46. The van der Waals surface area contributed by atoms with E-state index in [0.717, 1.165) is 6.07 Å². The van der Waals surface area contributed by atoms with Gasteiger partial charge in [-0.25, -0.2) is 0 Å². The molecule has 86 valence electrons. The van der Waals surface area contributed by atoms with Crippen LogP contribution in [0.2, 0.25) is 0 Å². The van der Waals surface area contributed by atoms with Crippen molar-refractivity contribution in [1.29, 1.82) is 0 Å². The monoisotopic (exact) mass is 229 g/mol. The Morgan fingerprint density at radius 1 is 1.25 bits per heavy atom. The van der Waals surface area contributed by atoms with Gasteiger partial charge in [-0.05, 0) is 31.2 Å². The molecule has 0 aliphatic carbocycles. The number of rotatable bonds is 2. The topological polar surface area (TPSA) is 25.0 Å². The second-order valence-corrected chi connectivity index (χ2v) is 3.36. The average Bonchev–Trinajstić information content (AvgIpc) is 2.60. The summed E-state index contributed by atoms with van der Waals surface area (Å²) in [6.07, 6.45) is -4.34. The Morgan fingerprint density at radius 2 is 2.00 bits per heavy atom. The molecule has 0 amide bonds. The van der Waals surface area contributed by atoms with Gasteiger partial charge >= 0.3 is 6.18 Å². The van der Waals surface area contributed by atoms with Crippen LogP contribution in [0, 0.1) is 0 Å². The molecule has 0 fully saturated rings. The minimum atomic E-state index is -4.34. The predicted octanol–water partition coefficient (Wildman–Crippen LogP) is 3.59. The molecular formula is C11H10F3NO. The third-order valence-electron chi connectivity index (χ3n) is 2.21. The Morgan fingerprint density at radius 3 is 2.62 bits per heavy atom. The number of nitrogens with one attached hydrogen (secondary N) is 1. The molecular weight excluding hydrogens is 219 g/mol. The minimum absolute atomic E-state index is 0.454. The third kappa shape index (κ3) is 1.98. The summed E-state index contributed by atoms with van der Waals surface area (Å²) in [5, 5.41) is 0.498. The van der Waals surface area contributed by atoms with Crippen LogP contribution in [-0.4, -0.2) is 11.6 Å². The SMILES string of the molecule is CCOc1ccc2[nH]c(C(F)(F)F)cc2c1. The summed E-state index contributed by atoms with van der Waals surface area (Å²) in [5.74, 6) is 0.572. The highest BCUT2D eigenvalue weighted by molar-refractivity contribution is 5.82. The number of H-pyrrole nitrogens is 1. The van der Waals surface area contributed by atoms with Gasteiger partial charge in [-0.1, -0.05) is 0 Å². The molecule has 0 saturated carbocycles. The molecule has 16 heavy (non-hydrogen) atoms. The Hall–Kier alpha value is -1.65. The van der Waals surface area contributed by atoms with Crippen molar-refractivity contribution >= 4 is 10.9 Å². The summed E-state index contributed by atoms with van der Waals surface area (Å²) in [6, 6.07) is 5.89. The van der Waals surface area contributed by atoms with E-state index in [-0.39, 0.29) is 0 Å². The van der Waals surface area contributed by atoms with Crippen molar-refractivity contribution in [1.82, 2.24) is 4.98 Å². The number of ether oxygens (including phenoxy) is 1. The maximum absolute atomic E-state index is 12.4. The zero-order valence-corrected chi connectivity index (χ0v) is 8.56. The molecule has 2 aromatic rings. The smallest absolute Gasteiger partial charge is 0.431 e. The minimum Gasteiger partial charge on any atom is -0.494 e. The van der Waals surface area contributed by atoms with Crippen LogP contribution in [0.1, 0.15) is 12.6 Å². The number of halogens is 3. The highest BCUT2D eigenvalue weighted by Gasteiger charge is 2.32. The van der Waals surface area contributed by atoms with Crippen molar-refractivity contribution in [2.75, 3.05) is 6.61 Å². The number of hydrogen-bond donors (Lipinski definition) is 1. The molecule has 1 heterocycles. The quantitative estimate of drug-likeness (QED) is 0.836. The summed E-state index contributed by atoms with van der Waals surface area (Å²) in [7, 11) is 0. The maximum atomic E-state index is 12.4. The van der Waals surface area contributed by atoms with Gasteiger partial charge in [0.1, 0.15) is 11.4 Å². The van der Waals surface area contributed by atoms with Gasteiger partial charge in [0.2, 0.25) is 0 Å². The van der Waals surface area contributed by atoms with Crippen LogP contribution in [-0.2, 0) is 6.18 Å². The number of hydrogen-bond acceptors (Lipinski definition) is 1. The normalized spacial score (nSPS) is 12.0. The van der Waals surface area contributed by atoms with Crippen LogP contribution in [0.25, 0.3) is 10.9 Å². The fraction of sp³-hybridized carbons (Fsp3) is 0.273. The lowest BCUT2D eigenvalue weighted by molar-refractivity contribution is -0.140.